The third kappa shape index (κ3) is 2.48. The summed E-state index contributed by atoms with van der Waals surface area (Å²) in [6.07, 6.45) is -0.0215. The van der Waals surface area contributed by atoms with Gasteiger partial charge in [-0.3, -0.25) is 4.55 Å². The van der Waals surface area contributed by atoms with Crippen molar-refractivity contribution in [1.82, 2.24) is 0 Å². The molecule has 7 heteroatoms. The van der Waals surface area contributed by atoms with Crippen LogP contribution in [0.25, 0.3) is 0 Å². The van der Waals surface area contributed by atoms with E-state index in [1.54, 1.807) is 0 Å². The summed E-state index contributed by atoms with van der Waals surface area (Å²) in [4.78, 5) is 0. The van der Waals surface area contributed by atoms with E-state index >= 15 is 0 Å². The zero-order valence-electron chi connectivity index (χ0n) is 7.59. The first kappa shape index (κ1) is 12.0. The number of halogens is 3. The highest BCUT2D eigenvalue weighted by Gasteiger charge is 2.20. The second-order valence-electron chi connectivity index (χ2n) is 2.62. The minimum absolute atomic E-state index is 0.0215. The molecule has 0 saturated carbocycles. The molecule has 1 atom stereocenters. The van der Waals surface area contributed by atoms with E-state index in [-0.39, 0.29) is 6.42 Å². The second kappa shape index (κ2) is 4.63. The maximum atomic E-state index is 13.3. The zero-order chi connectivity index (χ0) is 11.6. The fourth-order valence-corrected chi connectivity index (χ4v) is 1.38. The van der Waals surface area contributed by atoms with Crippen LogP contribution in [0.5, 0.6) is 5.75 Å². The summed E-state index contributed by atoms with van der Waals surface area (Å²) in [5.74, 6) is -4.75. The highest BCUT2D eigenvalue weighted by Crippen LogP contribution is 2.27. The molecular weight excluding hydrogens is 233 g/mol. The maximum absolute atomic E-state index is 13.3. The van der Waals surface area contributed by atoms with Gasteiger partial charge in [0.15, 0.2) is 11.6 Å². The summed E-state index contributed by atoms with van der Waals surface area (Å²) in [7, 11) is 0. The van der Waals surface area contributed by atoms with Gasteiger partial charge in [0.1, 0.15) is 5.82 Å². The Balaban J connectivity index is 3.32. The molecule has 1 aromatic rings. The van der Waals surface area contributed by atoms with Crippen molar-refractivity contribution in [3.63, 3.8) is 0 Å². The van der Waals surface area contributed by atoms with Crippen molar-refractivity contribution in [2.45, 2.75) is 13.3 Å². The van der Waals surface area contributed by atoms with Crippen molar-refractivity contribution in [2.75, 3.05) is 0 Å². The summed E-state index contributed by atoms with van der Waals surface area (Å²) in [6, 6.07) is 0.407. The van der Waals surface area contributed by atoms with Crippen molar-refractivity contribution >= 4 is 11.4 Å². The van der Waals surface area contributed by atoms with Crippen LogP contribution in [0.2, 0.25) is 0 Å². The average Bonchev–Trinajstić information content (AvgIpc) is 2.12. The van der Waals surface area contributed by atoms with Crippen molar-refractivity contribution in [3.8, 4) is 5.75 Å². The molecule has 0 saturated heterocycles. The molecule has 84 valence electrons. The van der Waals surface area contributed by atoms with Crippen molar-refractivity contribution in [2.24, 2.45) is 0 Å². The fraction of sp³-hybridized carbons (Fsp3) is 0.250. The van der Waals surface area contributed by atoms with Crippen LogP contribution < -0.4 is 4.18 Å². The average molecular weight is 240 g/mol. The van der Waals surface area contributed by atoms with E-state index in [9.17, 15) is 17.4 Å². The molecule has 0 fully saturated rings. The standard InChI is InChI=1S/C8H7F3O3S/c1-2-4-5(9)3-6(10)8(7(4)11)14-15(12)13/h3H,2H2,1H3,(H,12,13). The van der Waals surface area contributed by atoms with Crippen molar-refractivity contribution in [3.05, 3.63) is 29.1 Å². The van der Waals surface area contributed by atoms with Gasteiger partial charge in [-0.15, -0.1) is 0 Å². The largest absolute Gasteiger partial charge is 0.374 e. The Labute approximate surface area is 86.4 Å². The first-order valence-corrected chi connectivity index (χ1v) is 4.96. The van der Waals surface area contributed by atoms with E-state index < -0.39 is 40.1 Å². The van der Waals surface area contributed by atoms with Gasteiger partial charge < -0.3 is 4.18 Å². The van der Waals surface area contributed by atoms with Gasteiger partial charge in [0.05, 0.1) is 0 Å². The summed E-state index contributed by atoms with van der Waals surface area (Å²) in [5, 5.41) is 0. The van der Waals surface area contributed by atoms with Crippen LogP contribution in [0.4, 0.5) is 13.2 Å². The number of hydrogen-bond donors (Lipinski definition) is 1. The molecule has 0 aliphatic heterocycles. The molecule has 1 unspecified atom stereocenters. The Hall–Kier alpha value is -1.08. The van der Waals surface area contributed by atoms with E-state index in [2.05, 4.69) is 4.18 Å². The monoisotopic (exact) mass is 240 g/mol. The topological polar surface area (TPSA) is 46.5 Å². The molecule has 0 aliphatic rings. The second-order valence-corrected chi connectivity index (χ2v) is 3.22. The molecule has 0 aromatic heterocycles. The summed E-state index contributed by atoms with van der Waals surface area (Å²) >= 11 is -2.86. The number of benzene rings is 1. The van der Waals surface area contributed by atoms with Crippen LogP contribution in [0, 0.1) is 17.5 Å². The highest BCUT2D eigenvalue weighted by molar-refractivity contribution is 7.74. The summed E-state index contributed by atoms with van der Waals surface area (Å²) in [5.41, 5.74) is -0.392. The van der Waals surface area contributed by atoms with Gasteiger partial charge in [0, 0.05) is 11.6 Å². The van der Waals surface area contributed by atoms with Gasteiger partial charge in [-0.05, 0) is 6.42 Å². The predicted molar refractivity (Wildman–Crippen MR) is 47.1 cm³/mol. The molecule has 1 N–H and O–H groups in total. The van der Waals surface area contributed by atoms with Gasteiger partial charge in [-0.25, -0.2) is 13.2 Å². The van der Waals surface area contributed by atoms with E-state index in [0.717, 1.165) is 0 Å². The van der Waals surface area contributed by atoms with Crippen LogP contribution >= 0.6 is 0 Å². The van der Waals surface area contributed by atoms with E-state index in [0.29, 0.717) is 6.07 Å². The lowest BCUT2D eigenvalue weighted by Crippen LogP contribution is -2.06. The number of rotatable bonds is 3. The molecule has 0 heterocycles. The lowest BCUT2D eigenvalue weighted by Gasteiger charge is -2.07. The Morgan fingerprint density at radius 3 is 2.47 bits per heavy atom. The third-order valence-corrected chi connectivity index (χ3v) is 2.04. The van der Waals surface area contributed by atoms with Crippen LogP contribution in [-0.2, 0) is 17.8 Å². The zero-order valence-corrected chi connectivity index (χ0v) is 8.41. The predicted octanol–water partition coefficient (Wildman–Crippen LogP) is 2.18. The van der Waals surface area contributed by atoms with Crippen LogP contribution in [0.3, 0.4) is 0 Å². The maximum Gasteiger partial charge on any atom is 0.357 e. The van der Waals surface area contributed by atoms with Crippen molar-refractivity contribution < 1.29 is 26.1 Å². The van der Waals surface area contributed by atoms with Gasteiger partial charge >= 0.3 is 11.4 Å². The molecular formula is C8H7F3O3S. The first-order chi connectivity index (χ1) is 6.97. The molecule has 1 rings (SSSR count). The van der Waals surface area contributed by atoms with Gasteiger partial charge in [-0.2, -0.15) is 4.21 Å². The van der Waals surface area contributed by atoms with Gasteiger partial charge in [0.2, 0.25) is 5.75 Å². The Morgan fingerprint density at radius 2 is 2.00 bits per heavy atom. The fourth-order valence-electron chi connectivity index (χ4n) is 1.08. The minimum Gasteiger partial charge on any atom is -0.374 e. The van der Waals surface area contributed by atoms with E-state index in [4.69, 9.17) is 4.55 Å². The lowest BCUT2D eigenvalue weighted by atomic mass is 10.1. The van der Waals surface area contributed by atoms with Gasteiger partial charge in [0.25, 0.3) is 0 Å². The molecule has 1 aromatic carbocycles. The van der Waals surface area contributed by atoms with E-state index in [1.165, 1.54) is 6.92 Å². The summed E-state index contributed by atoms with van der Waals surface area (Å²) < 4.78 is 61.7. The van der Waals surface area contributed by atoms with Crippen LogP contribution in [-0.4, -0.2) is 8.76 Å². The number of hydrogen-bond acceptors (Lipinski definition) is 2. The molecule has 3 nitrogen and oxygen atoms in total. The summed E-state index contributed by atoms with van der Waals surface area (Å²) in [6.45, 7) is 1.46. The highest BCUT2D eigenvalue weighted by atomic mass is 32.2. The Morgan fingerprint density at radius 1 is 1.40 bits per heavy atom. The Bertz CT molecular complexity index is 409. The molecule has 0 amide bonds. The SMILES string of the molecule is CCc1c(F)cc(F)c(OS(=O)O)c1F. The van der Waals surface area contributed by atoms with Crippen LogP contribution in [0.15, 0.2) is 6.07 Å². The molecule has 15 heavy (non-hydrogen) atoms. The lowest BCUT2D eigenvalue weighted by molar-refractivity contribution is 0.408. The minimum atomic E-state index is -2.86. The normalized spacial score (nSPS) is 12.6. The molecule has 0 radical (unpaired) electrons. The van der Waals surface area contributed by atoms with E-state index in [1.807, 2.05) is 0 Å². The van der Waals surface area contributed by atoms with Crippen LogP contribution in [0.1, 0.15) is 12.5 Å². The van der Waals surface area contributed by atoms with Gasteiger partial charge in [-0.1, -0.05) is 6.92 Å². The molecule has 0 spiro atoms. The Kier molecular flexibility index (Phi) is 3.70. The molecule has 0 aliphatic carbocycles. The molecule has 0 bridgehead atoms. The smallest absolute Gasteiger partial charge is 0.357 e. The van der Waals surface area contributed by atoms with Crippen molar-refractivity contribution in [1.29, 1.82) is 0 Å². The first-order valence-electron chi connectivity index (χ1n) is 3.92. The third-order valence-electron chi connectivity index (χ3n) is 1.73. The quantitative estimate of drug-likeness (QED) is 0.824.